The Morgan fingerprint density at radius 1 is 0.800 bits per heavy atom. The van der Waals surface area contributed by atoms with Crippen LogP contribution >= 0.6 is 0 Å². The molecule has 0 saturated heterocycles. The molecule has 0 amide bonds. The largest absolute Gasteiger partial charge is 0.246 e. The van der Waals surface area contributed by atoms with Crippen LogP contribution in [0.3, 0.4) is 0 Å². The zero-order valence-electron chi connectivity index (χ0n) is 20.5. The van der Waals surface area contributed by atoms with Gasteiger partial charge in [0.2, 0.25) is 0 Å². The Kier molecular flexibility index (Phi) is 9.71. The molecular formula is C27H49N3. The van der Waals surface area contributed by atoms with Crippen LogP contribution in [0.25, 0.3) is 0 Å². The fraction of sp³-hybridized carbons (Fsp3) is 0.926. The first-order valence-corrected chi connectivity index (χ1v) is 13.7. The van der Waals surface area contributed by atoms with Gasteiger partial charge in [0.1, 0.15) is 0 Å². The summed E-state index contributed by atoms with van der Waals surface area (Å²) < 4.78 is 2.37. The summed E-state index contributed by atoms with van der Waals surface area (Å²) in [4.78, 5) is 0. The van der Waals surface area contributed by atoms with Gasteiger partial charge >= 0.3 is 0 Å². The summed E-state index contributed by atoms with van der Waals surface area (Å²) in [5.41, 5.74) is 2.84. The van der Waals surface area contributed by atoms with E-state index < -0.39 is 0 Å². The molecule has 0 spiro atoms. The van der Waals surface area contributed by atoms with Crippen molar-refractivity contribution in [2.75, 3.05) is 0 Å². The Bertz CT molecular complexity index is 607. The normalized spacial score (nSPS) is 25.1. The van der Waals surface area contributed by atoms with E-state index in [1.807, 2.05) is 0 Å². The molecule has 0 radical (unpaired) electrons. The topological polar surface area (TPSA) is 30.7 Å². The third-order valence-corrected chi connectivity index (χ3v) is 8.29. The molecule has 0 aromatic carbocycles. The predicted octanol–water partition coefficient (Wildman–Crippen LogP) is 7.94. The minimum atomic E-state index is 0.561. The van der Waals surface area contributed by atoms with Crippen molar-refractivity contribution in [3.8, 4) is 0 Å². The van der Waals surface area contributed by atoms with Crippen molar-refractivity contribution in [2.45, 2.75) is 136 Å². The number of aromatic nitrogens is 3. The van der Waals surface area contributed by atoms with E-state index in [2.05, 4.69) is 32.4 Å². The van der Waals surface area contributed by atoms with Gasteiger partial charge < -0.3 is 0 Å². The van der Waals surface area contributed by atoms with Crippen LogP contribution in [0.1, 0.15) is 135 Å². The third-order valence-electron chi connectivity index (χ3n) is 8.29. The number of hydrogen-bond acceptors (Lipinski definition) is 2. The van der Waals surface area contributed by atoms with Crippen LogP contribution in [-0.4, -0.2) is 15.0 Å². The Morgan fingerprint density at radius 2 is 1.53 bits per heavy atom. The summed E-state index contributed by atoms with van der Waals surface area (Å²) in [5.74, 6) is 3.98. The number of nitrogens with zero attached hydrogens (tertiary/aromatic N) is 3. The molecule has 3 unspecified atom stereocenters. The van der Waals surface area contributed by atoms with Gasteiger partial charge in [-0.1, -0.05) is 97.1 Å². The second kappa shape index (κ2) is 12.2. The first kappa shape index (κ1) is 23.8. The van der Waals surface area contributed by atoms with Gasteiger partial charge in [-0.05, 0) is 62.2 Å². The molecule has 1 heterocycles. The first-order valence-electron chi connectivity index (χ1n) is 13.7. The molecule has 2 aliphatic carbocycles. The van der Waals surface area contributed by atoms with Crippen molar-refractivity contribution in [3.63, 3.8) is 0 Å². The highest BCUT2D eigenvalue weighted by molar-refractivity contribution is 5.16. The second-order valence-electron chi connectivity index (χ2n) is 10.4. The van der Waals surface area contributed by atoms with Gasteiger partial charge in [0.15, 0.2) is 0 Å². The monoisotopic (exact) mass is 415 g/mol. The SMILES string of the molecule is CCCCCCCC(CC)n1nnc2c1CC[C@@H]1C(C(CCC)CCCC)[C@@H]1CC2. The van der Waals surface area contributed by atoms with Gasteiger partial charge in [-0.25, -0.2) is 4.68 Å². The van der Waals surface area contributed by atoms with Gasteiger partial charge in [-0.2, -0.15) is 0 Å². The van der Waals surface area contributed by atoms with E-state index >= 15 is 0 Å². The fourth-order valence-electron chi connectivity index (χ4n) is 6.54. The molecule has 3 rings (SSSR count). The van der Waals surface area contributed by atoms with Crippen molar-refractivity contribution in [1.29, 1.82) is 0 Å². The molecule has 5 atom stereocenters. The Hall–Kier alpha value is -0.860. The average molecular weight is 416 g/mol. The van der Waals surface area contributed by atoms with Crippen LogP contribution in [-0.2, 0) is 12.8 Å². The highest BCUT2D eigenvalue weighted by atomic mass is 15.4. The molecule has 1 fully saturated rings. The van der Waals surface area contributed by atoms with E-state index in [0.29, 0.717) is 6.04 Å². The number of aryl methyl sites for hydroxylation is 1. The number of fused-ring (bicyclic) bond motifs is 2. The van der Waals surface area contributed by atoms with Crippen LogP contribution in [0, 0.1) is 23.7 Å². The molecule has 1 aromatic heterocycles. The third kappa shape index (κ3) is 5.88. The van der Waals surface area contributed by atoms with Crippen LogP contribution in [0.15, 0.2) is 0 Å². The molecule has 3 heteroatoms. The van der Waals surface area contributed by atoms with Crippen LogP contribution in [0.4, 0.5) is 0 Å². The molecule has 30 heavy (non-hydrogen) atoms. The fourth-order valence-corrected chi connectivity index (χ4v) is 6.54. The van der Waals surface area contributed by atoms with Crippen LogP contribution in [0.2, 0.25) is 0 Å². The van der Waals surface area contributed by atoms with Crippen molar-refractivity contribution in [1.82, 2.24) is 15.0 Å². The highest BCUT2D eigenvalue weighted by Gasteiger charge is 2.52. The molecule has 172 valence electrons. The van der Waals surface area contributed by atoms with E-state index in [4.69, 9.17) is 10.3 Å². The highest BCUT2D eigenvalue weighted by Crippen LogP contribution is 2.58. The summed E-state index contributed by atoms with van der Waals surface area (Å²) in [6.45, 7) is 9.36. The zero-order valence-corrected chi connectivity index (χ0v) is 20.5. The summed E-state index contributed by atoms with van der Waals surface area (Å²) in [7, 11) is 0. The van der Waals surface area contributed by atoms with Gasteiger partial charge in [-0.15, -0.1) is 5.10 Å². The number of unbranched alkanes of at least 4 members (excludes halogenated alkanes) is 5. The van der Waals surface area contributed by atoms with Gasteiger partial charge in [0, 0.05) is 0 Å². The molecule has 3 nitrogen and oxygen atoms in total. The summed E-state index contributed by atoms with van der Waals surface area (Å²) in [6, 6.07) is 0.561. The number of rotatable bonds is 14. The van der Waals surface area contributed by atoms with Crippen molar-refractivity contribution in [2.24, 2.45) is 23.7 Å². The van der Waals surface area contributed by atoms with Crippen molar-refractivity contribution >= 4 is 0 Å². The predicted molar refractivity (Wildman–Crippen MR) is 128 cm³/mol. The molecule has 0 N–H and O–H groups in total. The Morgan fingerprint density at radius 3 is 2.23 bits per heavy atom. The van der Waals surface area contributed by atoms with E-state index in [-0.39, 0.29) is 0 Å². The first-order chi connectivity index (χ1) is 14.7. The van der Waals surface area contributed by atoms with Crippen molar-refractivity contribution < 1.29 is 0 Å². The van der Waals surface area contributed by atoms with Crippen LogP contribution in [0.5, 0.6) is 0 Å². The van der Waals surface area contributed by atoms with Gasteiger partial charge in [0.25, 0.3) is 0 Å². The summed E-state index contributed by atoms with van der Waals surface area (Å²) >= 11 is 0. The quantitative estimate of drug-likeness (QED) is 0.289. The lowest BCUT2D eigenvalue weighted by Crippen LogP contribution is -2.15. The minimum absolute atomic E-state index is 0.561. The summed E-state index contributed by atoms with van der Waals surface area (Å²) in [5, 5.41) is 9.40. The Labute approximate surface area is 186 Å². The van der Waals surface area contributed by atoms with E-state index in [1.165, 1.54) is 114 Å². The van der Waals surface area contributed by atoms with E-state index in [0.717, 1.165) is 23.7 Å². The Balaban J connectivity index is 1.59. The average Bonchev–Trinajstić information content (AvgIpc) is 3.27. The molecule has 1 saturated carbocycles. The van der Waals surface area contributed by atoms with Crippen LogP contribution < -0.4 is 0 Å². The lowest BCUT2D eigenvalue weighted by atomic mass is 9.90. The minimum Gasteiger partial charge on any atom is -0.246 e. The molecular weight excluding hydrogens is 366 g/mol. The van der Waals surface area contributed by atoms with Crippen molar-refractivity contribution in [3.05, 3.63) is 11.4 Å². The molecule has 0 bridgehead atoms. The lowest BCUT2D eigenvalue weighted by Gasteiger charge is -2.19. The maximum absolute atomic E-state index is 4.71. The number of hydrogen-bond donors (Lipinski definition) is 0. The standard InChI is InChI=1S/C27H49N3/c1-5-9-11-12-13-16-22(8-4)30-26-20-18-24-23(17-19-25(26)28-29-30)27(24)21(14-7-3)15-10-6-2/h21-24,27H,5-20H2,1-4H3/t21?,22?,23-,24+,27?/m1/s1. The smallest absolute Gasteiger partial charge is 0.0859 e. The maximum atomic E-state index is 4.71. The maximum Gasteiger partial charge on any atom is 0.0859 e. The van der Waals surface area contributed by atoms with E-state index in [1.54, 1.807) is 0 Å². The van der Waals surface area contributed by atoms with Gasteiger partial charge in [0.05, 0.1) is 17.4 Å². The molecule has 0 aliphatic heterocycles. The second-order valence-corrected chi connectivity index (χ2v) is 10.4. The summed E-state index contributed by atoms with van der Waals surface area (Å²) in [6.07, 6.45) is 21.5. The molecule has 1 aromatic rings. The lowest BCUT2D eigenvalue weighted by molar-refractivity contribution is 0.348. The zero-order chi connectivity index (χ0) is 21.3. The van der Waals surface area contributed by atoms with Gasteiger partial charge in [-0.3, -0.25) is 0 Å². The van der Waals surface area contributed by atoms with E-state index in [9.17, 15) is 0 Å². The molecule has 2 aliphatic rings.